The van der Waals surface area contributed by atoms with Gasteiger partial charge in [-0.25, -0.2) is 4.98 Å². The molecule has 2 N–H and O–H groups in total. The van der Waals surface area contributed by atoms with Crippen molar-refractivity contribution in [2.45, 2.75) is 51.6 Å². The van der Waals surface area contributed by atoms with E-state index in [-0.39, 0.29) is 17.9 Å². The number of nitrogens with one attached hydrogen (secondary N) is 2. The molecular weight excluding hydrogens is 312 g/mol. The highest BCUT2D eigenvalue weighted by Gasteiger charge is 2.30. The molecule has 0 saturated carbocycles. The number of thiazole rings is 1. The third-order valence-electron chi connectivity index (χ3n) is 4.08. The van der Waals surface area contributed by atoms with Crippen LogP contribution in [0.1, 0.15) is 39.5 Å². The summed E-state index contributed by atoms with van der Waals surface area (Å²) in [6.07, 6.45) is 5.29. The van der Waals surface area contributed by atoms with Crippen molar-refractivity contribution in [2.24, 2.45) is 5.92 Å². The SMILES string of the molecule is CC(C)CC(NC(=O)[C@@H]1CCCCN1C)C(=O)Nc1nccs1. The molecule has 0 aliphatic carbocycles. The van der Waals surface area contributed by atoms with E-state index in [0.29, 0.717) is 17.5 Å². The summed E-state index contributed by atoms with van der Waals surface area (Å²) >= 11 is 1.37. The minimum absolute atomic E-state index is 0.0489. The first-order valence-corrected chi connectivity index (χ1v) is 9.06. The molecule has 6 nitrogen and oxygen atoms in total. The van der Waals surface area contributed by atoms with Crippen LogP contribution in [0, 0.1) is 5.92 Å². The lowest BCUT2D eigenvalue weighted by molar-refractivity contribution is -0.131. The predicted octanol–water partition coefficient (Wildman–Crippen LogP) is 2.10. The molecule has 7 heteroatoms. The first-order valence-electron chi connectivity index (χ1n) is 8.18. The van der Waals surface area contributed by atoms with Gasteiger partial charge in [-0.1, -0.05) is 20.3 Å². The van der Waals surface area contributed by atoms with Gasteiger partial charge in [0.1, 0.15) is 6.04 Å². The van der Waals surface area contributed by atoms with Gasteiger partial charge in [0.25, 0.3) is 0 Å². The number of hydrogen-bond donors (Lipinski definition) is 2. The number of rotatable bonds is 6. The Bertz CT molecular complexity index is 518. The standard InChI is InChI=1S/C16H26N4O2S/c1-11(2)10-12(14(21)19-16-17-7-9-23-16)18-15(22)13-6-4-5-8-20(13)3/h7,9,11-13H,4-6,8,10H2,1-3H3,(H,18,22)(H,17,19,21)/t12?,13-/m0/s1. The summed E-state index contributed by atoms with van der Waals surface area (Å²) in [5.41, 5.74) is 0. The molecule has 23 heavy (non-hydrogen) atoms. The topological polar surface area (TPSA) is 74.3 Å². The Labute approximate surface area is 141 Å². The van der Waals surface area contributed by atoms with Crippen LogP contribution in [-0.2, 0) is 9.59 Å². The Morgan fingerprint density at radius 1 is 1.43 bits per heavy atom. The fraction of sp³-hybridized carbons (Fsp3) is 0.688. The van der Waals surface area contributed by atoms with Gasteiger partial charge in [0.05, 0.1) is 6.04 Å². The zero-order valence-corrected chi connectivity index (χ0v) is 14.9. The van der Waals surface area contributed by atoms with Gasteiger partial charge in [0, 0.05) is 11.6 Å². The Hall–Kier alpha value is -1.47. The fourth-order valence-corrected chi connectivity index (χ4v) is 3.39. The van der Waals surface area contributed by atoms with Crippen molar-refractivity contribution in [3.8, 4) is 0 Å². The van der Waals surface area contributed by atoms with E-state index in [1.54, 1.807) is 6.20 Å². The molecule has 128 valence electrons. The second-order valence-electron chi connectivity index (χ2n) is 6.51. The molecule has 0 aromatic carbocycles. The Balaban J connectivity index is 1.99. The minimum Gasteiger partial charge on any atom is -0.343 e. The van der Waals surface area contributed by atoms with Crippen molar-refractivity contribution < 1.29 is 9.59 Å². The van der Waals surface area contributed by atoms with E-state index in [1.807, 2.05) is 26.3 Å². The van der Waals surface area contributed by atoms with E-state index in [2.05, 4.69) is 20.5 Å². The summed E-state index contributed by atoms with van der Waals surface area (Å²) < 4.78 is 0. The first-order chi connectivity index (χ1) is 11.0. The van der Waals surface area contributed by atoms with Crippen LogP contribution >= 0.6 is 11.3 Å². The molecule has 1 fully saturated rings. The lowest BCUT2D eigenvalue weighted by Crippen LogP contribution is -2.53. The number of piperidine rings is 1. The molecule has 1 unspecified atom stereocenters. The van der Waals surface area contributed by atoms with Crippen molar-refractivity contribution in [1.29, 1.82) is 0 Å². The average Bonchev–Trinajstić information content (AvgIpc) is 2.99. The number of likely N-dealkylation sites (N-methyl/N-ethyl adjacent to an activating group) is 1. The predicted molar refractivity (Wildman–Crippen MR) is 92.4 cm³/mol. The molecule has 0 radical (unpaired) electrons. The van der Waals surface area contributed by atoms with E-state index in [4.69, 9.17) is 0 Å². The second kappa shape index (κ2) is 8.40. The third-order valence-corrected chi connectivity index (χ3v) is 4.76. The van der Waals surface area contributed by atoms with E-state index in [9.17, 15) is 9.59 Å². The molecule has 0 spiro atoms. The molecule has 2 rings (SSSR count). The molecule has 2 amide bonds. The normalized spacial score (nSPS) is 20.3. The number of anilines is 1. The molecule has 1 aliphatic rings. The minimum atomic E-state index is -0.526. The maximum Gasteiger partial charge on any atom is 0.248 e. The van der Waals surface area contributed by atoms with Crippen LogP contribution in [0.4, 0.5) is 5.13 Å². The highest BCUT2D eigenvalue weighted by Crippen LogP contribution is 2.17. The maximum absolute atomic E-state index is 12.6. The van der Waals surface area contributed by atoms with Gasteiger partial charge in [0.2, 0.25) is 11.8 Å². The van der Waals surface area contributed by atoms with Crippen LogP contribution in [0.2, 0.25) is 0 Å². The largest absolute Gasteiger partial charge is 0.343 e. The van der Waals surface area contributed by atoms with Crippen LogP contribution in [0.3, 0.4) is 0 Å². The molecule has 1 aromatic heterocycles. The van der Waals surface area contributed by atoms with Crippen LogP contribution in [0.25, 0.3) is 0 Å². The molecule has 2 heterocycles. The summed E-state index contributed by atoms with van der Waals surface area (Å²) in [5.74, 6) is 0.0685. The van der Waals surface area contributed by atoms with E-state index >= 15 is 0 Å². The second-order valence-corrected chi connectivity index (χ2v) is 7.40. The van der Waals surface area contributed by atoms with Crippen LogP contribution in [0.5, 0.6) is 0 Å². The van der Waals surface area contributed by atoms with Crippen molar-refractivity contribution >= 4 is 28.3 Å². The number of amides is 2. The Morgan fingerprint density at radius 2 is 2.22 bits per heavy atom. The molecule has 1 aliphatic heterocycles. The zero-order valence-electron chi connectivity index (χ0n) is 14.0. The lowest BCUT2D eigenvalue weighted by atomic mass is 9.99. The van der Waals surface area contributed by atoms with Crippen molar-refractivity contribution in [2.75, 3.05) is 18.9 Å². The quantitative estimate of drug-likeness (QED) is 0.833. The van der Waals surface area contributed by atoms with Crippen LogP contribution < -0.4 is 10.6 Å². The Morgan fingerprint density at radius 3 is 2.83 bits per heavy atom. The maximum atomic E-state index is 12.6. The summed E-state index contributed by atoms with van der Waals surface area (Å²) in [6, 6.07) is -0.659. The summed E-state index contributed by atoms with van der Waals surface area (Å²) in [6.45, 7) is 5.02. The van der Waals surface area contributed by atoms with Gasteiger partial charge >= 0.3 is 0 Å². The molecule has 2 atom stereocenters. The molecule has 0 bridgehead atoms. The van der Waals surface area contributed by atoms with Gasteiger partial charge < -0.3 is 10.6 Å². The van der Waals surface area contributed by atoms with Crippen LogP contribution in [0.15, 0.2) is 11.6 Å². The van der Waals surface area contributed by atoms with Crippen LogP contribution in [-0.4, -0.2) is 47.4 Å². The Kier molecular flexibility index (Phi) is 6.53. The number of likely N-dealkylation sites (tertiary alicyclic amines) is 1. The van der Waals surface area contributed by atoms with Crippen molar-refractivity contribution in [3.05, 3.63) is 11.6 Å². The fourth-order valence-electron chi connectivity index (χ4n) is 2.85. The smallest absolute Gasteiger partial charge is 0.248 e. The average molecular weight is 338 g/mol. The van der Waals surface area contributed by atoms with Gasteiger partial charge in [-0.2, -0.15) is 0 Å². The highest BCUT2D eigenvalue weighted by atomic mass is 32.1. The van der Waals surface area contributed by atoms with E-state index in [1.165, 1.54) is 11.3 Å². The number of hydrogen-bond acceptors (Lipinski definition) is 5. The third kappa shape index (κ3) is 5.28. The number of aromatic nitrogens is 1. The lowest BCUT2D eigenvalue weighted by Gasteiger charge is -2.32. The van der Waals surface area contributed by atoms with E-state index < -0.39 is 6.04 Å². The summed E-state index contributed by atoms with van der Waals surface area (Å²) in [5, 5.41) is 8.10. The van der Waals surface area contributed by atoms with Crippen molar-refractivity contribution in [1.82, 2.24) is 15.2 Å². The van der Waals surface area contributed by atoms with E-state index in [0.717, 1.165) is 25.8 Å². The number of carbonyl (C=O) groups is 2. The number of nitrogens with zero attached hydrogens (tertiary/aromatic N) is 2. The summed E-state index contributed by atoms with van der Waals surface area (Å²) in [4.78, 5) is 31.2. The van der Waals surface area contributed by atoms with Gasteiger partial charge in [-0.15, -0.1) is 11.3 Å². The summed E-state index contributed by atoms with van der Waals surface area (Å²) in [7, 11) is 1.97. The highest BCUT2D eigenvalue weighted by molar-refractivity contribution is 7.13. The molecular formula is C16H26N4O2S. The zero-order chi connectivity index (χ0) is 16.8. The molecule has 1 saturated heterocycles. The number of carbonyl (C=O) groups excluding carboxylic acids is 2. The molecule has 1 aromatic rings. The van der Waals surface area contributed by atoms with Gasteiger partial charge in [0.15, 0.2) is 5.13 Å². The van der Waals surface area contributed by atoms with Gasteiger partial charge in [-0.05, 0) is 38.8 Å². The monoisotopic (exact) mass is 338 g/mol. The first kappa shape index (κ1) is 17.9. The van der Waals surface area contributed by atoms with Gasteiger partial charge in [-0.3, -0.25) is 14.5 Å². The van der Waals surface area contributed by atoms with Crippen molar-refractivity contribution in [3.63, 3.8) is 0 Å².